The van der Waals surface area contributed by atoms with Crippen molar-refractivity contribution >= 4 is 11.8 Å². The number of aromatic nitrogens is 1. The molecule has 0 atom stereocenters. The third kappa shape index (κ3) is 3.51. The summed E-state index contributed by atoms with van der Waals surface area (Å²) in [7, 11) is 0. The van der Waals surface area contributed by atoms with Crippen molar-refractivity contribution in [3.63, 3.8) is 0 Å². The molecule has 0 unspecified atom stereocenters. The average Bonchev–Trinajstić information content (AvgIpc) is 2.62. The normalized spacial score (nSPS) is 14.7. The Balaban J connectivity index is 2.01. The maximum absolute atomic E-state index is 11.2. The lowest BCUT2D eigenvalue weighted by atomic mass is 10.0. The van der Waals surface area contributed by atoms with Crippen LogP contribution < -0.4 is 4.90 Å². The van der Waals surface area contributed by atoms with Crippen molar-refractivity contribution in [2.24, 2.45) is 0 Å². The van der Waals surface area contributed by atoms with E-state index < -0.39 is 5.97 Å². The van der Waals surface area contributed by atoms with Crippen LogP contribution in [-0.4, -0.2) is 42.4 Å². The van der Waals surface area contributed by atoms with Crippen molar-refractivity contribution in [2.45, 2.75) is 13.3 Å². The zero-order valence-electron chi connectivity index (χ0n) is 13.2. The van der Waals surface area contributed by atoms with Gasteiger partial charge in [0.05, 0.1) is 24.5 Å². The summed E-state index contributed by atoms with van der Waals surface area (Å²) in [4.78, 5) is 18.1. The van der Waals surface area contributed by atoms with Gasteiger partial charge in [-0.3, -0.25) is 0 Å². The minimum Gasteiger partial charge on any atom is -0.478 e. The Kier molecular flexibility index (Phi) is 4.57. The van der Waals surface area contributed by atoms with Crippen LogP contribution in [0.2, 0.25) is 0 Å². The Morgan fingerprint density at radius 3 is 2.74 bits per heavy atom. The average molecular weight is 312 g/mol. The van der Waals surface area contributed by atoms with Crippen LogP contribution in [0.4, 0.5) is 5.82 Å². The summed E-state index contributed by atoms with van der Waals surface area (Å²) in [6.45, 7) is 5.18. The minimum atomic E-state index is -0.924. The molecule has 1 saturated heterocycles. The van der Waals surface area contributed by atoms with Gasteiger partial charge in [-0.2, -0.15) is 0 Å². The van der Waals surface area contributed by atoms with Crippen LogP contribution in [0.15, 0.2) is 36.4 Å². The second-order valence-electron chi connectivity index (χ2n) is 5.56. The highest BCUT2D eigenvalue weighted by Gasteiger charge is 2.15. The molecule has 1 N–H and O–H groups in total. The first-order chi connectivity index (χ1) is 11.2. The lowest BCUT2D eigenvalue weighted by Gasteiger charge is -2.28. The molecule has 2 aromatic rings. The highest BCUT2D eigenvalue weighted by Crippen LogP contribution is 2.25. The van der Waals surface area contributed by atoms with Crippen molar-refractivity contribution in [1.29, 1.82) is 0 Å². The predicted octanol–water partition coefficient (Wildman–Crippen LogP) is 2.85. The summed E-state index contributed by atoms with van der Waals surface area (Å²) in [5.74, 6) is 0.00952. The summed E-state index contributed by atoms with van der Waals surface area (Å²) in [6, 6.07) is 11.1. The van der Waals surface area contributed by atoms with Gasteiger partial charge in [-0.05, 0) is 36.2 Å². The molecule has 0 spiro atoms. The SMILES string of the molecule is CCc1cc(-c2cccc(C(=O)O)c2)nc(N2CCOCC2)c1. The number of aromatic carboxylic acids is 1. The number of benzene rings is 1. The lowest BCUT2D eigenvalue weighted by Crippen LogP contribution is -2.36. The van der Waals surface area contributed by atoms with Gasteiger partial charge in [0.2, 0.25) is 0 Å². The first kappa shape index (κ1) is 15.5. The van der Waals surface area contributed by atoms with E-state index in [1.165, 1.54) is 5.56 Å². The topological polar surface area (TPSA) is 62.7 Å². The monoisotopic (exact) mass is 312 g/mol. The zero-order valence-corrected chi connectivity index (χ0v) is 13.2. The van der Waals surface area contributed by atoms with Crippen molar-refractivity contribution in [2.75, 3.05) is 31.2 Å². The Hall–Kier alpha value is -2.40. The quantitative estimate of drug-likeness (QED) is 0.940. The van der Waals surface area contributed by atoms with Gasteiger partial charge < -0.3 is 14.7 Å². The van der Waals surface area contributed by atoms with E-state index in [9.17, 15) is 9.90 Å². The smallest absolute Gasteiger partial charge is 0.335 e. The standard InChI is InChI=1S/C18H20N2O3/c1-2-13-10-16(14-4-3-5-15(12-14)18(21)22)19-17(11-13)20-6-8-23-9-7-20/h3-5,10-12H,2,6-9H2,1H3,(H,21,22). The van der Waals surface area contributed by atoms with Gasteiger partial charge in [0, 0.05) is 18.7 Å². The zero-order chi connectivity index (χ0) is 16.2. The molecule has 5 heteroatoms. The molecule has 0 aliphatic carbocycles. The number of carboxylic acids is 1. The van der Waals surface area contributed by atoms with E-state index in [-0.39, 0.29) is 5.56 Å². The fourth-order valence-corrected chi connectivity index (χ4v) is 2.69. The number of hydrogen-bond donors (Lipinski definition) is 1. The fraction of sp³-hybridized carbons (Fsp3) is 0.333. The van der Waals surface area contributed by atoms with Crippen LogP contribution in [-0.2, 0) is 11.2 Å². The summed E-state index contributed by atoms with van der Waals surface area (Å²) in [5.41, 5.74) is 3.11. The van der Waals surface area contributed by atoms with E-state index in [1.54, 1.807) is 18.2 Å². The Labute approximate surface area is 135 Å². The molecule has 1 aliphatic heterocycles. The van der Waals surface area contributed by atoms with Gasteiger partial charge in [-0.1, -0.05) is 19.1 Å². The van der Waals surface area contributed by atoms with Gasteiger partial charge in [0.25, 0.3) is 0 Å². The van der Waals surface area contributed by atoms with Gasteiger partial charge in [-0.15, -0.1) is 0 Å². The van der Waals surface area contributed by atoms with E-state index >= 15 is 0 Å². The maximum atomic E-state index is 11.2. The number of carboxylic acid groups (broad SMARTS) is 1. The number of pyridine rings is 1. The molecule has 1 aromatic carbocycles. The maximum Gasteiger partial charge on any atom is 0.335 e. The molecule has 2 heterocycles. The lowest BCUT2D eigenvalue weighted by molar-refractivity contribution is 0.0697. The molecule has 1 aromatic heterocycles. The number of anilines is 1. The second kappa shape index (κ2) is 6.79. The second-order valence-corrected chi connectivity index (χ2v) is 5.56. The molecule has 1 fully saturated rings. The molecule has 0 amide bonds. The van der Waals surface area contributed by atoms with E-state index in [2.05, 4.69) is 17.9 Å². The molecule has 23 heavy (non-hydrogen) atoms. The van der Waals surface area contributed by atoms with Crippen LogP contribution in [0.3, 0.4) is 0 Å². The number of rotatable bonds is 4. The molecule has 0 saturated carbocycles. The van der Waals surface area contributed by atoms with Crippen molar-refractivity contribution in [3.8, 4) is 11.3 Å². The van der Waals surface area contributed by atoms with Crippen LogP contribution in [0.1, 0.15) is 22.8 Å². The number of hydrogen-bond acceptors (Lipinski definition) is 4. The molecular weight excluding hydrogens is 292 g/mol. The van der Waals surface area contributed by atoms with Gasteiger partial charge in [-0.25, -0.2) is 9.78 Å². The van der Waals surface area contributed by atoms with E-state index in [4.69, 9.17) is 9.72 Å². The highest BCUT2D eigenvalue weighted by molar-refractivity contribution is 5.89. The van der Waals surface area contributed by atoms with Crippen molar-refractivity contribution in [3.05, 3.63) is 47.5 Å². The van der Waals surface area contributed by atoms with Gasteiger partial charge >= 0.3 is 5.97 Å². The number of aryl methyl sites for hydroxylation is 1. The van der Waals surface area contributed by atoms with Crippen LogP contribution in [0, 0.1) is 0 Å². The minimum absolute atomic E-state index is 0.277. The number of morpholine rings is 1. The Morgan fingerprint density at radius 1 is 1.26 bits per heavy atom. The largest absolute Gasteiger partial charge is 0.478 e. The molecular formula is C18H20N2O3. The summed E-state index contributed by atoms with van der Waals surface area (Å²) >= 11 is 0. The molecule has 0 bridgehead atoms. The van der Waals surface area contributed by atoms with Crippen LogP contribution >= 0.6 is 0 Å². The molecule has 1 aliphatic rings. The number of nitrogens with zero attached hydrogens (tertiary/aromatic N) is 2. The summed E-state index contributed by atoms with van der Waals surface area (Å²) < 4.78 is 5.40. The fourth-order valence-electron chi connectivity index (χ4n) is 2.69. The van der Waals surface area contributed by atoms with E-state index in [0.717, 1.165) is 36.6 Å². The summed E-state index contributed by atoms with van der Waals surface area (Å²) in [6.07, 6.45) is 0.908. The van der Waals surface area contributed by atoms with Gasteiger partial charge in [0.1, 0.15) is 5.82 Å². The molecule has 5 nitrogen and oxygen atoms in total. The first-order valence-electron chi connectivity index (χ1n) is 7.85. The molecule has 0 radical (unpaired) electrons. The van der Waals surface area contributed by atoms with Crippen molar-refractivity contribution in [1.82, 2.24) is 4.98 Å². The number of carbonyl (C=O) groups is 1. The highest BCUT2D eigenvalue weighted by atomic mass is 16.5. The van der Waals surface area contributed by atoms with E-state index in [0.29, 0.717) is 13.2 Å². The van der Waals surface area contributed by atoms with E-state index in [1.807, 2.05) is 12.1 Å². The summed E-state index contributed by atoms with van der Waals surface area (Å²) in [5, 5.41) is 9.17. The van der Waals surface area contributed by atoms with Crippen LogP contribution in [0.25, 0.3) is 11.3 Å². The first-order valence-corrected chi connectivity index (χ1v) is 7.85. The number of ether oxygens (including phenoxy) is 1. The van der Waals surface area contributed by atoms with Crippen molar-refractivity contribution < 1.29 is 14.6 Å². The Morgan fingerprint density at radius 2 is 2.04 bits per heavy atom. The Bertz CT molecular complexity index is 709. The third-order valence-electron chi connectivity index (χ3n) is 4.02. The van der Waals surface area contributed by atoms with Crippen LogP contribution in [0.5, 0.6) is 0 Å². The molecule has 3 rings (SSSR count). The van der Waals surface area contributed by atoms with Gasteiger partial charge in [0.15, 0.2) is 0 Å². The third-order valence-corrected chi connectivity index (χ3v) is 4.02. The predicted molar refractivity (Wildman–Crippen MR) is 89.0 cm³/mol. The molecule has 120 valence electrons.